The third kappa shape index (κ3) is 4.48. The van der Waals surface area contributed by atoms with E-state index in [1.165, 1.54) is 11.3 Å². The summed E-state index contributed by atoms with van der Waals surface area (Å²) >= 11 is 7.91. The number of carbonyl (C=O) groups excluding carboxylic acids is 1. The highest BCUT2D eigenvalue weighted by molar-refractivity contribution is 7.23. The first-order valence-corrected chi connectivity index (χ1v) is 11.7. The molecule has 4 rings (SSSR count). The Labute approximate surface area is 203 Å². The molecule has 0 unspecified atom stereocenters. The summed E-state index contributed by atoms with van der Waals surface area (Å²) < 4.78 is 2.76. The largest absolute Gasteiger partial charge is 0.302 e. The maximum atomic E-state index is 13.9. The summed E-state index contributed by atoms with van der Waals surface area (Å²) in [6, 6.07) is 9.59. The van der Waals surface area contributed by atoms with Gasteiger partial charge in [-0.3, -0.25) is 14.1 Å². The van der Waals surface area contributed by atoms with E-state index in [4.69, 9.17) is 16.6 Å². The lowest BCUT2D eigenvalue weighted by atomic mass is 10.2. The summed E-state index contributed by atoms with van der Waals surface area (Å²) in [5, 5.41) is 1.32. The number of halogens is 2. The molecule has 0 saturated carbocycles. The van der Waals surface area contributed by atoms with Crippen molar-refractivity contribution in [3.8, 4) is 0 Å². The first-order valence-electron chi connectivity index (χ1n) is 10.5. The van der Waals surface area contributed by atoms with Gasteiger partial charge in [-0.2, -0.15) is 0 Å². The molecule has 3 aromatic heterocycles. The summed E-state index contributed by atoms with van der Waals surface area (Å²) in [5.74, 6) is -0.101. The second-order valence-corrected chi connectivity index (χ2v) is 8.88. The molecule has 4 aromatic rings. The molecule has 0 atom stereocenters. The molecule has 0 fully saturated rings. The van der Waals surface area contributed by atoms with Crippen molar-refractivity contribution in [3.05, 3.63) is 58.5 Å². The highest BCUT2D eigenvalue weighted by atomic mass is 35.5. The average Bonchev–Trinajstić information content (AvgIpc) is 3.35. The van der Waals surface area contributed by atoms with Crippen LogP contribution < -0.4 is 4.90 Å². The summed E-state index contributed by atoms with van der Waals surface area (Å²) in [5.41, 5.74) is 3.93. The fraction of sp³-hybridized carbons (Fsp3) is 0.348. The molecule has 0 spiro atoms. The number of nitrogens with zero attached hydrogens (tertiary/aromatic N) is 5. The van der Waals surface area contributed by atoms with Crippen molar-refractivity contribution >= 4 is 62.2 Å². The molecule has 9 heteroatoms. The van der Waals surface area contributed by atoms with Gasteiger partial charge in [0.25, 0.3) is 5.91 Å². The number of thiazole rings is 1. The lowest BCUT2D eigenvalue weighted by molar-refractivity contribution is 0.0977. The quantitative estimate of drug-likeness (QED) is 0.336. The van der Waals surface area contributed by atoms with Crippen LogP contribution in [0.1, 0.15) is 35.6 Å². The number of likely N-dealkylation sites (N-methyl/N-ethyl adjacent to an activating group) is 1. The molecule has 3 heterocycles. The first-order chi connectivity index (χ1) is 14.9. The Morgan fingerprint density at radius 1 is 1.09 bits per heavy atom. The number of anilines is 1. The minimum atomic E-state index is -0.101. The number of aromatic nitrogens is 3. The van der Waals surface area contributed by atoms with Crippen molar-refractivity contribution in [2.75, 3.05) is 31.1 Å². The Bertz CT molecular complexity index is 1210. The molecule has 0 saturated heterocycles. The van der Waals surface area contributed by atoms with E-state index in [0.717, 1.165) is 41.1 Å². The number of carbonyl (C=O) groups is 1. The topological polar surface area (TPSA) is 53.7 Å². The third-order valence-electron chi connectivity index (χ3n) is 5.60. The standard InChI is InChI=1S/C23H26ClN5OS.ClH/c1-5-27(6-2)13-14-29(23-26-19-15(3)10-11-17(24)21(19)31-23)22(30)20-16(4)25-18-9-7-8-12-28(18)20;/h7-12H,5-6,13-14H2,1-4H3;1H. The summed E-state index contributed by atoms with van der Waals surface area (Å²) in [4.78, 5) is 27.3. The number of pyridine rings is 1. The number of hydrogen-bond acceptors (Lipinski definition) is 5. The zero-order valence-electron chi connectivity index (χ0n) is 18.6. The van der Waals surface area contributed by atoms with E-state index in [0.29, 0.717) is 28.1 Å². The van der Waals surface area contributed by atoms with E-state index in [9.17, 15) is 4.79 Å². The van der Waals surface area contributed by atoms with Gasteiger partial charge in [-0.05, 0) is 50.7 Å². The SMILES string of the molecule is CCN(CC)CCN(C(=O)c1c(C)nc2ccccn12)c1nc2c(C)ccc(Cl)c2s1.Cl. The third-order valence-corrected chi connectivity index (χ3v) is 7.14. The van der Waals surface area contributed by atoms with Crippen LogP contribution in [0.2, 0.25) is 5.02 Å². The van der Waals surface area contributed by atoms with E-state index < -0.39 is 0 Å². The number of benzene rings is 1. The Morgan fingerprint density at radius 2 is 1.84 bits per heavy atom. The molecule has 1 amide bonds. The van der Waals surface area contributed by atoms with Crippen molar-refractivity contribution in [2.45, 2.75) is 27.7 Å². The fourth-order valence-electron chi connectivity index (χ4n) is 3.77. The van der Waals surface area contributed by atoms with Gasteiger partial charge in [0.05, 0.1) is 20.9 Å². The molecule has 170 valence electrons. The van der Waals surface area contributed by atoms with Crippen LogP contribution in [-0.2, 0) is 0 Å². The van der Waals surface area contributed by atoms with Gasteiger partial charge < -0.3 is 4.90 Å². The maximum absolute atomic E-state index is 13.9. The van der Waals surface area contributed by atoms with Gasteiger partial charge in [0.15, 0.2) is 5.13 Å². The average molecular weight is 492 g/mol. The Hall–Kier alpha value is -2.19. The van der Waals surface area contributed by atoms with Gasteiger partial charge >= 0.3 is 0 Å². The minimum Gasteiger partial charge on any atom is -0.302 e. The molecule has 32 heavy (non-hydrogen) atoms. The molecule has 0 radical (unpaired) electrons. The molecule has 0 N–H and O–H groups in total. The smallest absolute Gasteiger partial charge is 0.279 e. The number of amides is 1. The van der Waals surface area contributed by atoms with Crippen molar-refractivity contribution in [1.82, 2.24) is 19.3 Å². The van der Waals surface area contributed by atoms with Crippen molar-refractivity contribution in [1.29, 1.82) is 0 Å². The number of rotatable bonds is 7. The minimum absolute atomic E-state index is 0. The van der Waals surface area contributed by atoms with Gasteiger partial charge in [0, 0.05) is 19.3 Å². The van der Waals surface area contributed by atoms with Crippen LogP contribution in [0.4, 0.5) is 5.13 Å². The van der Waals surface area contributed by atoms with Crippen LogP contribution in [0, 0.1) is 13.8 Å². The predicted octanol–water partition coefficient (Wildman–Crippen LogP) is 5.62. The highest BCUT2D eigenvalue weighted by Crippen LogP contribution is 2.36. The number of hydrogen-bond donors (Lipinski definition) is 0. The van der Waals surface area contributed by atoms with Crippen LogP contribution in [0.15, 0.2) is 36.5 Å². The monoisotopic (exact) mass is 491 g/mol. The highest BCUT2D eigenvalue weighted by Gasteiger charge is 2.27. The van der Waals surface area contributed by atoms with Crippen LogP contribution in [-0.4, -0.2) is 51.4 Å². The Morgan fingerprint density at radius 3 is 2.53 bits per heavy atom. The number of aryl methyl sites for hydroxylation is 2. The van der Waals surface area contributed by atoms with Crippen LogP contribution in [0.25, 0.3) is 15.9 Å². The van der Waals surface area contributed by atoms with E-state index in [2.05, 4.69) is 23.7 Å². The number of imidazole rings is 1. The van der Waals surface area contributed by atoms with E-state index in [-0.39, 0.29) is 18.3 Å². The second-order valence-electron chi connectivity index (χ2n) is 7.50. The van der Waals surface area contributed by atoms with Crippen molar-refractivity contribution < 1.29 is 4.79 Å². The van der Waals surface area contributed by atoms with Gasteiger partial charge in [-0.25, -0.2) is 9.97 Å². The van der Waals surface area contributed by atoms with Crippen LogP contribution >= 0.6 is 35.3 Å². The molecule has 0 aliphatic carbocycles. The van der Waals surface area contributed by atoms with Crippen LogP contribution in [0.5, 0.6) is 0 Å². The predicted molar refractivity (Wildman–Crippen MR) is 136 cm³/mol. The fourth-order valence-corrected chi connectivity index (χ4v) is 5.11. The summed E-state index contributed by atoms with van der Waals surface area (Å²) in [7, 11) is 0. The second kappa shape index (κ2) is 10.2. The van der Waals surface area contributed by atoms with Crippen LogP contribution in [0.3, 0.4) is 0 Å². The van der Waals surface area contributed by atoms with E-state index >= 15 is 0 Å². The zero-order chi connectivity index (χ0) is 22.1. The van der Waals surface area contributed by atoms with Crippen molar-refractivity contribution in [3.63, 3.8) is 0 Å². The zero-order valence-corrected chi connectivity index (χ0v) is 21.0. The Balaban J connectivity index is 0.00000289. The first kappa shape index (κ1) is 24.5. The molecule has 0 aliphatic heterocycles. The van der Waals surface area contributed by atoms with E-state index in [1.54, 1.807) is 4.90 Å². The van der Waals surface area contributed by atoms with Gasteiger partial charge in [-0.15, -0.1) is 12.4 Å². The van der Waals surface area contributed by atoms with Gasteiger partial charge in [-0.1, -0.05) is 48.9 Å². The lowest BCUT2D eigenvalue weighted by Gasteiger charge is -2.24. The summed E-state index contributed by atoms with van der Waals surface area (Å²) in [6.45, 7) is 11.3. The molecule has 6 nitrogen and oxygen atoms in total. The summed E-state index contributed by atoms with van der Waals surface area (Å²) in [6.07, 6.45) is 1.88. The maximum Gasteiger partial charge on any atom is 0.279 e. The van der Waals surface area contributed by atoms with E-state index in [1.807, 2.05) is 54.8 Å². The molecule has 0 bridgehead atoms. The lowest BCUT2D eigenvalue weighted by Crippen LogP contribution is -2.39. The molecular formula is C23H27Cl2N5OS. The van der Waals surface area contributed by atoms with Crippen molar-refractivity contribution in [2.24, 2.45) is 0 Å². The van der Waals surface area contributed by atoms with Gasteiger partial charge in [0.1, 0.15) is 11.3 Å². The number of fused-ring (bicyclic) bond motifs is 2. The normalized spacial score (nSPS) is 11.3. The molecule has 1 aromatic carbocycles. The molecular weight excluding hydrogens is 465 g/mol. The van der Waals surface area contributed by atoms with Gasteiger partial charge in [0.2, 0.25) is 0 Å². The molecule has 0 aliphatic rings. The Kier molecular flexibility index (Phi) is 7.77.